The summed E-state index contributed by atoms with van der Waals surface area (Å²) in [4.78, 5) is 22.7. The van der Waals surface area contributed by atoms with E-state index in [1.165, 1.54) is 6.07 Å². The van der Waals surface area contributed by atoms with Gasteiger partial charge in [-0.3, -0.25) is 19.8 Å². The lowest BCUT2D eigenvalue weighted by Crippen LogP contribution is -2.26. The molecule has 0 fully saturated rings. The fraction of sp³-hybridized carbons (Fsp3) is 0.286. The van der Waals surface area contributed by atoms with Gasteiger partial charge in [0.1, 0.15) is 17.2 Å². The van der Waals surface area contributed by atoms with Crippen molar-refractivity contribution in [2.24, 2.45) is 0 Å². The molecule has 0 radical (unpaired) electrons. The summed E-state index contributed by atoms with van der Waals surface area (Å²) in [5.41, 5.74) is 0.798. The van der Waals surface area contributed by atoms with Gasteiger partial charge in [-0.05, 0) is 30.2 Å². The molecule has 1 amide bonds. The van der Waals surface area contributed by atoms with Crippen LogP contribution in [0.1, 0.15) is 16.1 Å². The summed E-state index contributed by atoms with van der Waals surface area (Å²) in [6.45, 7) is 0.412. The molecule has 1 aromatic heterocycles. The van der Waals surface area contributed by atoms with Gasteiger partial charge in [-0.1, -0.05) is 0 Å². The van der Waals surface area contributed by atoms with E-state index < -0.39 is 0 Å². The summed E-state index contributed by atoms with van der Waals surface area (Å²) in [6.07, 6.45) is 0.584. The maximum Gasteiger partial charge on any atom is 0.269 e. The number of aromatic amines is 2. The van der Waals surface area contributed by atoms with E-state index in [0.29, 0.717) is 13.0 Å². The van der Waals surface area contributed by atoms with Gasteiger partial charge in [0.25, 0.3) is 11.5 Å². The summed E-state index contributed by atoms with van der Waals surface area (Å²) in [7, 11) is 3.18. The van der Waals surface area contributed by atoms with Crippen molar-refractivity contribution in [3.63, 3.8) is 0 Å². The predicted octanol–water partition coefficient (Wildman–Crippen LogP) is 0.693. The second kappa shape index (κ2) is 6.65. The number of carbonyl (C=O) groups excluding carboxylic acids is 1. The molecule has 7 heteroatoms. The normalized spacial score (nSPS) is 10.2. The van der Waals surface area contributed by atoms with Crippen molar-refractivity contribution in [3.8, 4) is 11.5 Å². The zero-order valence-electron chi connectivity index (χ0n) is 11.9. The molecule has 3 N–H and O–H groups in total. The van der Waals surface area contributed by atoms with Crippen LogP contribution in [0.3, 0.4) is 0 Å². The largest absolute Gasteiger partial charge is 0.497 e. The Labute approximate surface area is 121 Å². The molecule has 1 aromatic carbocycles. The Hall–Kier alpha value is -2.70. The molecular formula is C14H17N3O4. The molecule has 0 spiro atoms. The van der Waals surface area contributed by atoms with Gasteiger partial charge in [0.15, 0.2) is 0 Å². The van der Waals surface area contributed by atoms with Gasteiger partial charge in [-0.15, -0.1) is 0 Å². The van der Waals surface area contributed by atoms with Gasteiger partial charge in [-0.2, -0.15) is 0 Å². The van der Waals surface area contributed by atoms with Crippen LogP contribution in [-0.4, -0.2) is 36.9 Å². The van der Waals surface area contributed by atoms with Crippen LogP contribution in [-0.2, 0) is 6.42 Å². The third-order valence-corrected chi connectivity index (χ3v) is 3.01. The van der Waals surface area contributed by atoms with Gasteiger partial charge in [0.05, 0.1) is 14.2 Å². The van der Waals surface area contributed by atoms with E-state index in [1.807, 2.05) is 18.2 Å². The first kappa shape index (κ1) is 14.7. The molecule has 21 heavy (non-hydrogen) atoms. The van der Waals surface area contributed by atoms with E-state index in [0.717, 1.165) is 17.1 Å². The third-order valence-electron chi connectivity index (χ3n) is 3.01. The molecule has 0 aliphatic carbocycles. The Morgan fingerprint density at radius 2 is 2.00 bits per heavy atom. The Balaban J connectivity index is 1.96. The van der Waals surface area contributed by atoms with Crippen LogP contribution in [0, 0.1) is 0 Å². The number of benzene rings is 1. The maximum absolute atomic E-state index is 11.8. The number of rotatable bonds is 6. The van der Waals surface area contributed by atoms with E-state index in [1.54, 1.807) is 14.2 Å². The molecular weight excluding hydrogens is 274 g/mol. The first-order valence-corrected chi connectivity index (χ1v) is 6.41. The first-order valence-electron chi connectivity index (χ1n) is 6.41. The number of methoxy groups -OCH3 is 2. The Morgan fingerprint density at radius 3 is 2.62 bits per heavy atom. The van der Waals surface area contributed by atoms with E-state index in [4.69, 9.17) is 9.47 Å². The zero-order chi connectivity index (χ0) is 15.2. The third kappa shape index (κ3) is 3.65. The maximum atomic E-state index is 11.8. The molecule has 0 bridgehead atoms. The van der Waals surface area contributed by atoms with Gasteiger partial charge in [0.2, 0.25) is 0 Å². The van der Waals surface area contributed by atoms with Crippen molar-refractivity contribution in [2.45, 2.75) is 6.42 Å². The van der Waals surface area contributed by atoms with E-state index >= 15 is 0 Å². The molecule has 2 aromatic rings. The van der Waals surface area contributed by atoms with Crippen molar-refractivity contribution in [3.05, 3.63) is 45.9 Å². The van der Waals surface area contributed by atoms with Gasteiger partial charge < -0.3 is 14.8 Å². The lowest BCUT2D eigenvalue weighted by Gasteiger charge is -2.10. The van der Waals surface area contributed by atoms with Crippen molar-refractivity contribution >= 4 is 5.91 Å². The highest BCUT2D eigenvalue weighted by Gasteiger charge is 2.09. The van der Waals surface area contributed by atoms with Gasteiger partial charge >= 0.3 is 0 Å². The van der Waals surface area contributed by atoms with Gasteiger partial charge in [0, 0.05) is 12.6 Å². The number of hydrogen-bond donors (Lipinski definition) is 3. The molecule has 0 aliphatic heterocycles. The topological polar surface area (TPSA) is 96.2 Å². The summed E-state index contributed by atoms with van der Waals surface area (Å²) in [5.74, 6) is 1.13. The second-order valence-corrected chi connectivity index (χ2v) is 4.36. The molecule has 0 unspecified atom stereocenters. The molecule has 7 nitrogen and oxygen atoms in total. The summed E-state index contributed by atoms with van der Waals surface area (Å²) >= 11 is 0. The number of aromatic nitrogens is 2. The molecule has 2 rings (SSSR count). The number of hydrogen-bond acceptors (Lipinski definition) is 4. The Kier molecular flexibility index (Phi) is 4.65. The van der Waals surface area contributed by atoms with Gasteiger partial charge in [-0.25, -0.2) is 0 Å². The summed E-state index contributed by atoms with van der Waals surface area (Å²) < 4.78 is 10.4. The summed E-state index contributed by atoms with van der Waals surface area (Å²) in [6, 6.07) is 6.70. The Bertz CT molecular complexity index is 675. The standard InChI is InChI=1S/C14H17N3O4/c1-20-10-3-4-12(21-2)9(7-10)5-6-15-14(19)11-8-13(18)17-16-11/h3-4,7-8H,5-6H2,1-2H3,(H,15,19)(H2,16,17,18). The van der Waals surface area contributed by atoms with E-state index in [-0.39, 0.29) is 17.2 Å². The minimum Gasteiger partial charge on any atom is -0.497 e. The Morgan fingerprint density at radius 1 is 1.19 bits per heavy atom. The first-order chi connectivity index (χ1) is 10.1. The minimum atomic E-state index is -0.338. The highest BCUT2D eigenvalue weighted by Crippen LogP contribution is 2.24. The average Bonchev–Trinajstić information content (AvgIpc) is 2.93. The van der Waals surface area contributed by atoms with Crippen molar-refractivity contribution in [1.29, 1.82) is 0 Å². The minimum absolute atomic E-state index is 0.206. The van der Waals surface area contributed by atoms with Crippen LogP contribution in [0.25, 0.3) is 0 Å². The van der Waals surface area contributed by atoms with Crippen molar-refractivity contribution in [1.82, 2.24) is 15.5 Å². The number of nitrogens with one attached hydrogen (secondary N) is 3. The lowest BCUT2D eigenvalue weighted by atomic mass is 10.1. The fourth-order valence-corrected chi connectivity index (χ4v) is 1.94. The van der Waals surface area contributed by atoms with Crippen LogP contribution in [0.15, 0.2) is 29.1 Å². The molecule has 112 valence electrons. The molecule has 0 saturated carbocycles. The highest BCUT2D eigenvalue weighted by atomic mass is 16.5. The molecule has 1 heterocycles. The van der Waals surface area contributed by atoms with Crippen LogP contribution in [0.5, 0.6) is 11.5 Å². The van der Waals surface area contributed by atoms with Crippen LogP contribution in [0.2, 0.25) is 0 Å². The lowest BCUT2D eigenvalue weighted by molar-refractivity contribution is 0.0949. The second-order valence-electron chi connectivity index (χ2n) is 4.36. The van der Waals surface area contributed by atoms with E-state index in [9.17, 15) is 9.59 Å². The predicted molar refractivity (Wildman–Crippen MR) is 77.0 cm³/mol. The number of H-pyrrole nitrogens is 2. The van der Waals surface area contributed by atoms with Crippen molar-refractivity contribution < 1.29 is 14.3 Å². The zero-order valence-corrected chi connectivity index (χ0v) is 11.9. The molecule has 0 aliphatic rings. The number of ether oxygens (including phenoxy) is 2. The van der Waals surface area contributed by atoms with Crippen LogP contribution >= 0.6 is 0 Å². The average molecular weight is 291 g/mol. The summed E-state index contributed by atoms with van der Waals surface area (Å²) in [5, 5.41) is 7.54. The SMILES string of the molecule is COc1ccc(OC)c(CCNC(=O)c2cc(=O)[nH][nH]2)c1. The quantitative estimate of drug-likeness (QED) is 0.729. The smallest absolute Gasteiger partial charge is 0.269 e. The van der Waals surface area contributed by atoms with E-state index in [2.05, 4.69) is 15.5 Å². The number of carbonyl (C=O) groups is 1. The van der Waals surface area contributed by atoms with Crippen LogP contribution < -0.4 is 20.3 Å². The highest BCUT2D eigenvalue weighted by molar-refractivity contribution is 5.92. The number of amides is 1. The monoisotopic (exact) mass is 291 g/mol. The van der Waals surface area contributed by atoms with Crippen molar-refractivity contribution in [2.75, 3.05) is 20.8 Å². The molecule has 0 atom stereocenters. The fourth-order valence-electron chi connectivity index (χ4n) is 1.94. The van der Waals surface area contributed by atoms with Crippen LogP contribution in [0.4, 0.5) is 0 Å². The molecule has 0 saturated heterocycles.